The minimum atomic E-state index is -0.524. The van der Waals surface area contributed by atoms with Gasteiger partial charge in [0.2, 0.25) is 5.91 Å². The molecule has 0 aliphatic rings. The Morgan fingerprint density at radius 3 is 2.35 bits per heavy atom. The van der Waals surface area contributed by atoms with Crippen LogP contribution >= 0.6 is 0 Å². The Balaban J connectivity index is 2.60. The Kier molecular flexibility index (Phi) is 4.69. The molecule has 17 heavy (non-hydrogen) atoms. The zero-order valence-electron chi connectivity index (χ0n) is 10.4. The summed E-state index contributed by atoms with van der Waals surface area (Å²) >= 11 is 0. The van der Waals surface area contributed by atoms with Crippen molar-refractivity contribution >= 4 is 11.8 Å². The monoisotopic (exact) mass is 234 g/mol. The Hall–Kier alpha value is -1.84. The van der Waals surface area contributed by atoms with Crippen molar-refractivity contribution in [2.24, 2.45) is 0 Å². The maximum absolute atomic E-state index is 11.8. The van der Waals surface area contributed by atoms with E-state index in [1.165, 1.54) is 0 Å². The highest BCUT2D eigenvalue weighted by molar-refractivity contribution is 5.97. The highest BCUT2D eigenvalue weighted by atomic mass is 16.2. The van der Waals surface area contributed by atoms with E-state index in [0.717, 1.165) is 5.56 Å². The number of carbonyl (C=O) groups is 2. The van der Waals surface area contributed by atoms with Gasteiger partial charge in [0, 0.05) is 12.1 Å². The number of amides is 2. The SMILES string of the molecule is CCNC(=O)[C@H](C)NC(=O)c1ccc(C)cc1. The van der Waals surface area contributed by atoms with Crippen molar-refractivity contribution < 1.29 is 9.59 Å². The van der Waals surface area contributed by atoms with E-state index >= 15 is 0 Å². The van der Waals surface area contributed by atoms with E-state index in [9.17, 15) is 9.59 Å². The first kappa shape index (κ1) is 13.2. The van der Waals surface area contributed by atoms with Gasteiger partial charge in [-0.25, -0.2) is 0 Å². The molecule has 0 saturated carbocycles. The van der Waals surface area contributed by atoms with E-state index < -0.39 is 6.04 Å². The molecular formula is C13H18N2O2. The van der Waals surface area contributed by atoms with Crippen LogP contribution in [0.5, 0.6) is 0 Å². The van der Waals surface area contributed by atoms with Gasteiger partial charge < -0.3 is 10.6 Å². The number of hydrogen-bond donors (Lipinski definition) is 2. The molecule has 1 rings (SSSR count). The van der Waals surface area contributed by atoms with Crippen LogP contribution in [-0.4, -0.2) is 24.4 Å². The quantitative estimate of drug-likeness (QED) is 0.823. The van der Waals surface area contributed by atoms with Gasteiger partial charge in [0.05, 0.1) is 0 Å². The molecule has 0 heterocycles. The van der Waals surface area contributed by atoms with Crippen LogP contribution in [0, 0.1) is 6.92 Å². The van der Waals surface area contributed by atoms with Gasteiger partial charge in [0.15, 0.2) is 0 Å². The highest BCUT2D eigenvalue weighted by Gasteiger charge is 2.15. The van der Waals surface area contributed by atoms with Gasteiger partial charge in [-0.15, -0.1) is 0 Å². The normalized spacial score (nSPS) is 11.7. The van der Waals surface area contributed by atoms with E-state index in [1.807, 2.05) is 26.0 Å². The Labute approximate surface area is 101 Å². The second kappa shape index (κ2) is 6.03. The third kappa shape index (κ3) is 3.90. The first-order valence-electron chi connectivity index (χ1n) is 5.69. The number of carbonyl (C=O) groups excluding carboxylic acids is 2. The van der Waals surface area contributed by atoms with Gasteiger partial charge in [0.25, 0.3) is 5.91 Å². The molecule has 0 spiro atoms. The average molecular weight is 234 g/mol. The second-order valence-corrected chi connectivity index (χ2v) is 3.96. The highest BCUT2D eigenvalue weighted by Crippen LogP contribution is 2.03. The minimum Gasteiger partial charge on any atom is -0.355 e. The van der Waals surface area contributed by atoms with E-state index in [0.29, 0.717) is 12.1 Å². The maximum Gasteiger partial charge on any atom is 0.251 e. The molecule has 0 fully saturated rings. The van der Waals surface area contributed by atoms with Crippen LogP contribution in [-0.2, 0) is 4.79 Å². The fraction of sp³-hybridized carbons (Fsp3) is 0.385. The molecule has 4 heteroatoms. The predicted molar refractivity (Wildman–Crippen MR) is 66.8 cm³/mol. The van der Waals surface area contributed by atoms with Crippen LogP contribution < -0.4 is 10.6 Å². The predicted octanol–water partition coefficient (Wildman–Crippen LogP) is 1.25. The van der Waals surface area contributed by atoms with Gasteiger partial charge in [-0.1, -0.05) is 17.7 Å². The number of rotatable bonds is 4. The van der Waals surface area contributed by atoms with Gasteiger partial charge in [-0.2, -0.15) is 0 Å². The first-order valence-corrected chi connectivity index (χ1v) is 5.69. The topological polar surface area (TPSA) is 58.2 Å². The first-order chi connectivity index (χ1) is 8.04. The molecule has 4 nitrogen and oxygen atoms in total. The second-order valence-electron chi connectivity index (χ2n) is 3.96. The molecular weight excluding hydrogens is 216 g/mol. The molecule has 0 aliphatic carbocycles. The van der Waals surface area contributed by atoms with E-state index in [-0.39, 0.29) is 11.8 Å². The summed E-state index contributed by atoms with van der Waals surface area (Å²) in [5, 5.41) is 5.31. The van der Waals surface area contributed by atoms with Crippen LogP contribution in [0.2, 0.25) is 0 Å². The molecule has 0 unspecified atom stereocenters. The molecule has 0 radical (unpaired) electrons. The lowest BCUT2D eigenvalue weighted by atomic mass is 10.1. The van der Waals surface area contributed by atoms with Crippen molar-refractivity contribution in [2.75, 3.05) is 6.54 Å². The molecule has 1 aromatic carbocycles. The molecule has 1 aromatic rings. The molecule has 1 atom stereocenters. The summed E-state index contributed by atoms with van der Waals surface area (Å²) in [7, 11) is 0. The number of nitrogens with one attached hydrogen (secondary N) is 2. The van der Waals surface area contributed by atoms with E-state index in [1.54, 1.807) is 19.1 Å². The summed E-state index contributed by atoms with van der Waals surface area (Å²) in [6.45, 7) is 6.02. The van der Waals surface area contributed by atoms with Crippen molar-refractivity contribution in [2.45, 2.75) is 26.8 Å². The molecule has 0 aromatic heterocycles. The van der Waals surface area contributed by atoms with E-state index in [4.69, 9.17) is 0 Å². The van der Waals surface area contributed by atoms with Gasteiger partial charge >= 0.3 is 0 Å². The van der Waals surface area contributed by atoms with Crippen molar-refractivity contribution in [3.8, 4) is 0 Å². The van der Waals surface area contributed by atoms with Crippen molar-refractivity contribution in [1.29, 1.82) is 0 Å². The van der Waals surface area contributed by atoms with Gasteiger partial charge in [0.1, 0.15) is 6.04 Å². The zero-order valence-corrected chi connectivity index (χ0v) is 10.4. The Morgan fingerprint density at radius 2 is 1.82 bits per heavy atom. The Morgan fingerprint density at radius 1 is 1.24 bits per heavy atom. The minimum absolute atomic E-state index is 0.173. The largest absolute Gasteiger partial charge is 0.355 e. The van der Waals surface area contributed by atoms with Gasteiger partial charge in [-0.05, 0) is 32.9 Å². The maximum atomic E-state index is 11.8. The average Bonchev–Trinajstić information content (AvgIpc) is 2.30. The molecule has 0 saturated heterocycles. The fourth-order valence-corrected chi connectivity index (χ4v) is 1.38. The summed E-state index contributed by atoms with van der Waals surface area (Å²) in [4.78, 5) is 23.2. The zero-order chi connectivity index (χ0) is 12.8. The van der Waals surface area contributed by atoms with Crippen LogP contribution in [0.1, 0.15) is 29.8 Å². The summed E-state index contributed by atoms with van der Waals surface area (Å²) in [6.07, 6.45) is 0. The number of hydrogen-bond acceptors (Lipinski definition) is 2. The lowest BCUT2D eigenvalue weighted by Crippen LogP contribution is -2.44. The fourth-order valence-electron chi connectivity index (χ4n) is 1.38. The van der Waals surface area contributed by atoms with Crippen LogP contribution in [0.4, 0.5) is 0 Å². The van der Waals surface area contributed by atoms with Crippen molar-refractivity contribution in [3.63, 3.8) is 0 Å². The third-order valence-electron chi connectivity index (χ3n) is 2.41. The lowest BCUT2D eigenvalue weighted by molar-refractivity contribution is -0.122. The Bertz CT molecular complexity index is 398. The number of benzene rings is 1. The lowest BCUT2D eigenvalue weighted by Gasteiger charge is -2.13. The molecule has 92 valence electrons. The summed E-state index contributed by atoms with van der Waals surface area (Å²) < 4.78 is 0. The van der Waals surface area contributed by atoms with Gasteiger partial charge in [-0.3, -0.25) is 9.59 Å². The van der Waals surface area contributed by atoms with E-state index in [2.05, 4.69) is 10.6 Å². The summed E-state index contributed by atoms with van der Waals surface area (Å²) in [5.41, 5.74) is 1.66. The molecule has 2 N–H and O–H groups in total. The standard InChI is InChI=1S/C13H18N2O2/c1-4-14-12(16)10(3)15-13(17)11-7-5-9(2)6-8-11/h5-8,10H,4H2,1-3H3,(H,14,16)(H,15,17)/t10-/m0/s1. The van der Waals surface area contributed by atoms with Crippen LogP contribution in [0.25, 0.3) is 0 Å². The van der Waals surface area contributed by atoms with Crippen molar-refractivity contribution in [1.82, 2.24) is 10.6 Å². The number of aryl methyl sites for hydroxylation is 1. The van der Waals surface area contributed by atoms with Crippen molar-refractivity contribution in [3.05, 3.63) is 35.4 Å². The number of likely N-dealkylation sites (N-methyl/N-ethyl adjacent to an activating group) is 1. The molecule has 0 bridgehead atoms. The van der Waals surface area contributed by atoms with Crippen LogP contribution in [0.15, 0.2) is 24.3 Å². The third-order valence-corrected chi connectivity index (χ3v) is 2.41. The van der Waals surface area contributed by atoms with Crippen LogP contribution in [0.3, 0.4) is 0 Å². The molecule has 2 amide bonds. The molecule has 0 aliphatic heterocycles. The smallest absolute Gasteiger partial charge is 0.251 e. The summed E-state index contributed by atoms with van der Waals surface area (Å²) in [5.74, 6) is -0.406. The summed E-state index contributed by atoms with van der Waals surface area (Å²) in [6, 6.07) is 6.70.